The van der Waals surface area contributed by atoms with E-state index in [0.29, 0.717) is 27.2 Å². The van der Waals surface area contributed by atoms with E-state index >= 15 is 0 Å². The van der Waals surface area contributed by atoms with Crippen LogP contribution in [0.4, 0.5) is 10.1 Å². The molecule has 5 nitrogen and oxygen atoms in total. The van der Waals surface area contributed by atoms with Gasteiger partial charge in [-0.25, -0.2) is 9.37 Å². The number of aromatic nitrogens is 1. The largest absolute Gasteiger partial charge is 0.365 e. The lowest BCUT2D eigenvalue weighted by molar-refractivity contribution is -0.114. The second-order valence-corrected chi connectivity index (χ2v) is 7.43. The van der Waals surface area contributed by atoms with E-state index in [2.05, 4.69) is 10.3 Å². The summed E-state index contributed by atoms with van der Waals surface area (Å²) in [5.74, 6) is -1.39. The summed E-state index contributed by atoms with van der Waals surface area (Å²) in [5.41, 5.74) is 8.23. The minimum Gasteiger partial charge on any atom is -0.365 e. The van der Waals surface area contributed by atoms with Crippen LogP contribution in [0.2, 0.25) is 0 Å². The minimum atomic E-state index is -0.664. The van der Waals surface area contributed by atoms with E-state index in [1.165, 1.54) is 13.0 Å². The molecule has 144 valence electrons. The van der Waals surface area contributed by atoms with E-state index in [-0.39, 0.29) is 10.8 Å². The Morgan fingerprint density at radius 1 is 1.03 bits per heavy atom. The molecule has 0 saturated heterocycles. The average Bonchev–Trinajstić information content (AvgIpc) is 3.06. The first kappa shape index (κ1) is 18.8. The van der Waals surface area contributed by atoms with Crippen molar-refractivity contribution < 1.29 is 14.0 Å². The quantitative estimate of drug-likeness (QED) is 0.510. The van der Waals surface area contributed by atoms with Crippen molar-refractivity contribution >= 4 is 39.1 Å². The lowest BCUT2D eigenvalue weighted by atomic mass is 9.99. The SMILES string of the molecule is CC(=O)Nc1c(C(N)=O)sc2nc(-c3ccccc3F)cc(-c3ccccc3)c12. The maximum atomic E-state index is 14.4. The molecule has 0 aliphatic heterocycles. The third kappa shape index (κ3) is 3.48. The van der Waals surface area contributed by atoms with Crippen LogP contribution in [-0.4, -0.2) is 16.8 Å². The summed E-state index contributed by atoms with van der Waals surface area (Å²) >= 11 is 1.07. The number of amides is 2. The molecule has 3 N–H and O–H groups in total. The molecule has 4 aromatic rings. The van der Waals surface area contributed by atoms with Gasteiger partial charge in [-0.1, -0.05) is 42.5 Å². The van der Waals surface area contributed by atoms with Gasteiger partial charge in [0.2, 0.25) is 5.91 Å². The first-order chi connectivity index (χ1) is 14.0. The summed E-state index contributed by atoms with van der Waals surface area (Å²) in [4.78, 5) is 29.1. The summed E-state index contributed by atoms with van der Waals surface area (Å²) in [5, 5.41) is 3.32. The standard InChI is InChI=1S/C22H16FN3O2S/c1-12(27)25-19-18-15(13-7-3-2-4-8-13)11-17(14-9-5-6-10-16(14)23)26-22(18)29-20(19)21(24)28/h2-11H,1H3,(H2,24,28)(H,25,27). The lowest BCUT2D eigenvalue weighted by Gasteiger charge is -2.11. The Morgan fingerprint density at radius 2 is 1.72 bits per heavy atom. The van der Waals surface area contributed by atoms with Gasteiger partial charge in [-0.3, -0.25) is 9.59 Å². The zero-order valence-corrected chi connectivity index (χ0v) is 16.2. The van der Waals surface area contributed by atoms with Crippen LogP contribution in [0.25, 0.3) is 32.6 Å². The number of carbonyl (C=O) groups is 2. The Kier molecular flexibility index (Phi) is 4.82. The van der Waals surface area contributed by atoms with Crippen LogP contribution in [0.1, 0.15) is 16.6 Å². The van der Waals surface area contributed by atoms with Crippen LogP contribution in [0.3, 0.4) is 0 Å². The molecule has 2 aromatic heterocycles. The van der Waals surface area contributed by atoms with Crippen molar-refractivity contribution in [3.8, 4) is 22.4 Å². The lowest BCUT2D eigenvalue weighted by Crippen LogP contribution is -2.14. The molecule has 0 radical (unpaired) electrons. The molecule has 0 spiro atoms. The molecule has 0 fully saturated rings. The zero-order chi connectivity index (χ0) is 20.5. The molecule has 0 saturated carbocycles. The van der Waals surface area contributed by atoms with Crippen LogP contribution < -0.4 is 11.1 Å². The van der Waals surface area contributed by atoms with Gasteiger partial charge in [0, 0.05) is 17.9 Å². The van der Waals surface area contributed by atoms with Crippen LogP contribution in [-0.2, 0) is 4.79 Å². The number of hydrogen-bond acceptors (Lipinski definition) is 4. The Morgan fingerprint density at radius 3 is 2.38 bits per heavy atom. The highest BCUT2D eigenvalue weighted by Gasteiger charge is 2.23. The number of thiophene rings is 1. The number of hydrogen-bond donors (Lipinski definition) is 2. The van der Waals surface area contributed by atoms with Gasteiger partial charge < -0.3 is 11.1 Å². The summed E-state index contributed by atoms with van der Waals surface area (Å²) in [7, 11) is 0. The molecule has 0 aliphatic rings. The molecule has 2 amide bonds. The predicted octanol–water partition coefficient (Wildman–Crippen LogP) is 4.83. The van der Waals surface area contributed by atoms with Crippen molar-refractivity contribution in [2.75, 3.05) is 5.32 Å². The van der Waals surface area contributed by atoms with E-state index in [9.17, 15) is 14.0 Å². The smallest absolute Gasteiger partial charge is 0.261 e. The van der Waals surface area contributed by atoms with Gasteiger partial charge in [0.1, 0.15) is 15.5 Å². The van der Waals surface area contributed by atoms with Crippen LogP contribution in [0, 0.1) is 5.82 Å². The molecule has 0 atom stereocenters. The van der Waals surface area contributed by atoms with E-state index in [4.69, 9.17) is 5.73 Å². The number of fused-ring (bicyclic) bond motifs is 1. The van der Waals surface area contributed by atoms with Gasteiger partial charge in [0.05, 0.1) is 11.4 Å². The van der Waals surface area contributed by atoms with Crippen molar-refractivity contribution in [1.82, 2.24) is 4.98 Å². The number of pyridine rings is 1. The third-order valence-electron chi connectivity index (χ3n) is 4.42. The second-order valence-electron chi connectivity index (χ2n) is 6.43. The first-order valence-electron chi connectivity index (χ1n) is 8.81. The Bertz CT molecular complexity index is 1250. The van der Waals surface area contributed by atoms with Gasteiger partial charge in [-0.2, -0.15) is 0 Å². The number of nitrogens with one attached hydrogen (secondary N) is 1. The number of benzene rings is 2. The van der Waals surface area contributed by atoms with Crippen LogP contribution in [0.15, 0.2) is 60.7 Å². The topological polar surface area (TPSA) is 85.1 Å². The molecule has 0 aliphatic carbocycles. The van der Waals surface area contributed by atoms with Gasteiger partial charge >= 0.3 is 0 Å². The highest BCUT2D eigenvalue weighted by atomic mass is 32.1. The zero-order valence-electron chi connectivity index (χ0n) is 15.4. The van der Waals surface area contributed by atoms with Crippen molar-refractivity contribution in [3.05, 3.63) is 71.4 Å². The van der Waals surface area contributed by atoms with Crippen LogP contribution in [0.5, 0.6) is 0 Å². The number of halogens is 1. The second kappa shape index (κ2) is 7.44. The number of primary amides is 1. The Balaban J connectivity index is 2.10. The molecular weight excluding hydrogens is 389 g/mol. The molecule has 29 heavy (non-hydrogen) atoms. The monoisotopic (exact) mass is 405 g/mol. The maximum Gasteiger partial charge on any atom is 0.261 e. The predicted molar refractivity (Wildman–Crippen MR) is 113 cm³/mol. The number of nitrogens with zero attached hydrogens (tertiary/aromatic N) is 1. The fourth-order valence-corrected chi connectivity index (χ4v) is 4.23. The first-order valence-corrected chi connectivity index (χ1v) is 9.62. The van der Waals surface area contributed by atoms with Crippen molar-refractivity contribution in [2.24, 2.45) is 5.73 Å². The van der Waals surface area contributed by atoms with E-state index in [1.807, 2.05) is 30.3 Å². The Labute approximate surface area is 170 Å². The number of rotatable bonds is 4. The molecule has 7 heteroatoms. The fraction of sp³-hybridized carbons (Fsp3) is 0.0455. The summed E-state index contributed by atoms with van der Waals surface area (Å²) in [6.45, 7) is 1.36. The van der Waals surface area contributed by atoms with Gasteiger partial charge in [0.25, 0.3) is 5.91 Å². The number of nitrogens with two attached hydrogens (primary N) is 1. The molecule has 2 heterocycles. The summed E-state index contributed by atoms with van der Waals surface area (Å²) in [6, 6.07) is 17.6. The average molecular weight is 405 g/mol. The molecular formula is C22H16FN3O2S. The third-order valence-corrected chi connectivity index (χ3v) is 5.52. The Hall–Kier alpha value is -3.58. The molecule has 2 aromatic carbocycles. The highest BCUT2D eigenvalue weighted by molar-refractivity contribution is 7.21. The maximum absolute atomic E-state index is 14.4. The molecule has 0 unspecified atom stereocenters. The minimum absolute atomic E-state index is 0.200. The summed E-state index contributed by atoms with van der Waals surface area (Å²) < 4.78 is 14.4. The van der Waals surface area contributed by atoms with E-state index < -0.39 is 11.7 Å². The van der Waals surface area contributed by atoms with E-state index in [0.717, 1.165) is 22.5 Å². The molecule has 0 bridgehead atoms. The number of anilines is 1. The van der Waals surface area contributed by atoms with Crippen molar-refractivity contribution in [2.45, 2.75) is 6.92 Å². The van der Waals surface area contributed by atoms with Crippen molar-refractivity contribution in [1.29, 1.82) is 0 Å². The fourth-order valence-electron chi connectivity index (χ4n) is 3.22. The van der Waals surface area contributed by atoms with Crippen LogP contribution >= 0.6 is 11.3 Å². The summed E-state index contributed by atoms with van der Waals surface area (Å²) in [6.07, 6.45) is 0. The normalized spacial score (nSPS) is 10.8. The molecule has 4 rings (SSSR count). The van der Waals surface area contributed by atoms with E-state index in [1.54, 1.807) is 24.3 Å². The van der Waals surface area contributed by atoms with Gasteiger partial charge in [-0.05, 0) is 29.3 Å². The highest BCUT2D eigenvalue weighted by Crippen LogP contribution is 2.42. The van der Waals surface area contributed by atoms with Gasteiger partial charge in [-0.15, -0.1) is 11.3 Å². The van der Waals surface area contributed by atoms with Crippen molar-refractivity contribution in [3.63, 3.8) is 0 Å². The number of carbonyl (C=O) groups excluding carboxylic acids is 2. The van der Waals surface area contributed by atoms with Gasteiger partial charge in [0.15, 0.2) is 0 Å².